The highest BCUT2D eigenvalue weighted by molar-refractivity contribution is 5.89. The number of benzene rings is 2. The first-order chi connectivity index (χ1) is 9.65. The smallest absolute Gasteiger partial charge is 0.0881 e. The molecule has 3 heteroatoms. The molecule has 20 heavy (non-hydrogen) atoms. The van der Waals surface area contributed by atoms with E-state index in [4.69, 9.17) is 0 Å². The number of hydrogen-bond acceptors (Lipinski definition) is 2. The summed E-state index contributed by atoms with van der Waals surface area (Å²) in [5, 5.41) is 11.8. The second-order valence-corrected chi connectivity index (χ2v) is 5.36. The summed E-state index contributed by atoms with van der Waals surface area (Å²) in [5.74, 6) is 0. The molecule has 0 saturated carbocycles. The van der Waals surface area contributed by atoms with Gasteiger partial charge in [0, 0.05) is 11.9 Å². The van der Waals surface area contributed by atoms with Crippen LogP contribution in [0.3, 0.4) is 0 Å². The van der Waals surface area contributed by atoms with E-state index in [0.717, 1.165) is 23.1 Å². The number of nitrogens with one attached hydrogen (secondary N) is 2. The van der Waals surface area contributed by atoms with E-state index in [1.165, 1.54) is 22.3 Å². The molecule has 3 nitrogen and oxygen atoms in total. The molecule has 1 heterocycles. The number of nitrogens with zero attached hydrogens (tertiary/aromatic N) is 1. The molecule has 0 fully saturated rings. The molecular weight excluding hydrogens is 246 g/mol. The molecule has 0 radical (unpaired) electrons. The Morgan fingerprint density at radius 3 is 2.70 bits per heavy atom. The van der Waals surface area contributed by atoms with Crippen LogP contribution < -0.4 is 5.32 Å². The van der Waals surface area contributed by atoms with E-state index in [1.807, 2.05) is 12.3 Å². The van der Waals surface area contributed by atoms with Gasteiger partial charge in [0.05, 0.1) is 17.4 Å². The van der Waals surface area contributed by atoms with Gasteiger partial charge in [-0.3, -0.25) is 5.10 Å². The first-order valence-corrected chi connectivity index (χ1v) is 6.88. The lowest BCUT2D eigenvalue weighted by Crippen LogP contribution is -2.03. The van der Waals surface area contributed by atoms with Gasteiger partial charge in [-0.05, 0) is 49.1 Å². The number of rotatable bonds is 3. The van der Waals surface area contributed by atoms with Crippen LogP contribution in [0, 0.1) is 20.8 Å². The van der Waals surface area contributed by atoms with E-state index in [9.17, 15) is 0 Å². The Morgan fingerprint density at radius 2 is 1.85 bits per heavy atom. The van der Waals surface area contributed by atoms with Crippen molar-refractivity contribution in [3.63, 3.8) is 0 Å². The van der Waals surface area contributed by atoms with Crippen molar-refractivity contribution in [1.82, 2.24) is 10.2 Å². The summed E-state index contributed by atoms with van der Waals surface area (Å²) in [6, 6.07) is 10.7. The van der Waals surface area contributed by atoms with Crippen LogP contribution in [0.4, 0.5) is 5.69 Å². The van der Waals surface area contributed by atoms with Gasteiger partial charge < -0.3 is 5.32 Å². The SMILES string of the molecule is Cc1cc(C)c(CNc2cccc3cn[nH]c23)cc1C. The van der Waals surface area contributed by atoms with E-state index >= 15 is 0 Å². The lowest BCUT2D eigenvalue weighted by atomic mass is 10.0. The Bertz CT molecular complexity index is 756. The highest BCUT2D eigenvalue weighted by Crippen LogP contribution is 2.22. The zero-order valence-electron chi connectivity index (χ0n) is 12.1. The largest absolute Gasteiger partial charge is 0.379 e. The Morgan fingerprint density at radius 1 is 1.05 bits per heavy atom. The van der Waals surface area contributed by atoms with Crippen LogP contribution >= 0.6 is 0 Å². The van der Waals surface area contributed by atoms with E-state index in [-0.39, 0.29) is 0 Å². The van der Waals surface area contributed by atoms with Gasteiger partial charge in [-0.25, -0.2) is 0 Å². The number of H-pyrrole nitrogens is 1. The molecule has 0 atom stereocenters. The summed E-state index contributed by atoms with van der Waals surface area (Å²) < 4.78 is 0. The third-order valence-electron chi connectivity index (χ3n) is 3.90. The fraction of sp³-hybridized carbons (Fsp3) is 0.235. The molecule has 3 aromatic rings. The molecule has 0 aliphatic carbocycles. The Hall–Kier alpha value is -2.29. The van der Waals surface area contributed by atoms with Gasteiger partial charge in [0.2, 0.25) is 0 Å². The maximum atomic E-state index is 4.10. The topological polar surface area (TPSA) is 40.7 Å². The molecule has 0 unspecified atom stereocenters. The Labute approximate surface area is 119 Å². The summed E-state index contributed by atoms with van der Waals surface area (Å²) in [5.41, 5.74) is 7.52. The fourth-order valence-electron chi connectivity index (χ4n) is 2.52. The minimum absolute atomic E-state index is 0.824. The van der Waals surface area contributed by atoms with Crippen LogP contribution in [0.2, 0.25) is 0 Å². The summed E-state index contributed by atoms with van der Waals surface area (Å²) >= 11 is 0. The minimum Gasteiger partial charge on any atom is -0.379 e. The normalized spacial score (nSPS) is 10.9. The second kappa shape index (κ2) is 5.00. The van der Waals surface area contributed by atoms with Crippen molar-refractivity contribution in [2.45, 2.75) is 27.3 Å². The Balaban J connectivity index is 1.86. The van der Waals surface area contributed by atoms with Crippen molar-refractivity contribution in [2.75, 3.05) is 5.32 Å². The third-order valence-corrected chi connectivity index (χ3v) is 3.90. The lowest BCUT2D eigenvalue weighted by Gasteiger charge is -2.12. The van der Waals surface area contributed by atoms with Crippen molar-refractivity contribution in [1.29, 1.82) is 0 Å². The van der Waals surface area contributed by atoms with Crippen LogP contribution in [0.1, 0.15) is 22.3 Å². The van der Waals surface area contributed by atoms with E-state index in [0.29, 0.717) is 0 Å². The molecule has 0 aliphatic heterocycles. The minimum atomic E-state index is 0.824. The van der Waals surface area contributed by atoms with Gasteiger partial charge >= 0.3 is 0 Å². The number of fused-ring (bicyclic) bond motifs is 1. The van der Waals surface area contributed by atoms with Crippen molar-refractivity contribution >= 4 is 16.6 Å². The summed E-state index contributed by atoms with van der Waals surface area (Å²) in [7, 11) is 0. The predicted molar refractivity (Wildman–Crippen MR) is 84.1 cm³/mol. The van der Waals surface area contributed by atoms with Crippen LogP contribution in [0.15, 0.2) is 36.5 Å². The summed E-state index contributed by atoms with van der Waals surface area (Å²) in [6.07, 6.45) is 1.85. The predicted octanol–water partition coefficient (Wildman–Crippen LogP) is 4.10. The molecule has 3 rings (SSSR count). The first kappa shape index (κ1) is 12.7. The first-order valence-electron chi connectivity index (χ1n) is 6.88. The van der Waals surface area contributed by atoms with Crippen LogP contribution in [0.5, 0.6) is 0 Å². The maximum absolute atomic E-state index is 4.10. The molecule has 2 aromatic carbocycles. The monoisotopic (exact) mass is 265 g/mol. The van der Waals surface area contributed by atoms with Gasteiger partial charge in [0.15, 0.2) is 0 Å². The fourth-order valence-corrected chi connectivity index (χ4v) is 2.52. The summed E-state index contributed by atoms with van der Waals surface area (Å²) in [4.78, 5) is 0. The van der Waals surface area contributed by atoms with Gasteiger partial charge in [-0.15, -0.1) is 0 Å². The standard InChI is InChI=1S/C17H19N3/c1-11-7-13(3)15(8-12(11)2)9-18-16-6-4-5-14-10-19-20-17(14)16/h4-8,10,18H,9H2,1-3H3,(H,19,20). The van der Waals surface area contributed by atoms with E-state index in [2.05, 4.69) is 60.6 Å². The van der Waals surface area contributed by atoms with Crippen molar-refractivity contribution in [2.24, 2.45) is 0 Å². The second-order valence-electron chi connectivity index (χ2n) is 5.36. The molecular formula is C17H19N3. The average molecular weight is 265 g/mol. The number of aromatic amines is 1. The Kier molecular flexibility index (Phi) is 3.18. The average Bonchev–Trinajstić information content (AvgIpc) is 2.90. The lowest BCUT2D eigenvalue weighted by molar-refractivity contribution is 1.09. The number of anilines is 1. The van der Waals surface area contributed by atoms with Crippen LogP contribution in [-0.4, -0.2) is 10.2 Å². The van der Waals surface area contributed by atoms with Crippen LogP contribution in [0.25, 0.3) is 10.9 Å². The van der Waals surface area contributed by atoms with Gasteiger partial charge in [-0.2, -0.15) is 5.10 Å². The van der Waals surface area contributed by atoms with E-state index in [1.54, 1.807) is 0 Å². The zero-order chi connectivity index (χ0) is 14.1. The highest BCUT2D eigenvalue weighted by Gasteiger charge is 2.05. The van der Waals surface area contributed by atoms with E-state index < -0.39 is 0 Å². The molecule has 0 spiro atoms. The molecule has 102 valence electrons. The summed E-state index contributed by atoms with van der Waals surface area (Å²) in [6.45, 7) is 7.31. The van der Waals surface area contributed by atoms with Crippen LogP contribution in [-0.2, 0) is 6.54 Å². The third kappa shape index (κ3) is 2.27. The number of para-hydroxylation sites is 1. The van der Waals surface area contributed by atoms with Gasteiger partial charge in [-0.1, -0.05) is 24.3 Å². The molecule has 1 aromatic heterocycles. The van der Waals surface area contributed by atoms with Crippen molar-refractivity contribution in [3.05, 3.63) is 58.8 Å². The molecule has 0 amide bonds. The molecule has 0 saturated heterocycles. The zero-order valence-corrected chi connectivity index (χ0v) is 12.1. The van der Waals surface area contributed by atoms with Gasteiger partial charge in [0.25, 0.3) is 0 Å². The molecule has 2 N–H and O–H groups in total. The number of aromatic nitrogens is 2. The van der Waals surface area contributed by atoms with Gasteiger partial charge in [0.1, 0.15) is 0 Å². The highest BCUT2D eigenvalue weighted by atomic mass is 15.1. The quantitative estimate of drug-likeness (QED) is 0.748. The number of aryl methyl sites for hydroxylation is 3. The number of hydrogen-bond donors (Lipinski definition) is 2. The van der Waals surface area contributed by atoms with Crippen molar-refractivity contribution in [3.8, 4) is 0 Å². The molecule has 0 bridgehead atoms. The molecule has 0 aliphatic rings. The van der Waals surface area contributed by atoms with Crippen molar-refractivity contribution < 1.29 is 0 Å². The maximum Gasteiger partial charge on any atom is 0.0881 e.